The zero-order valence-electron chi connectivity index (χ0n) is 19.1. The van der Waals surface area contributed by atoms with Crippen molar-refractivity contribution >= 4 is 25.9 Å². The Bertz CT molecular complexity index is 1400. The number of hydrogen-bond acceptors (Lipinski definition) is 9. The molecule has 0 aliphatic carbocycles. The van der Waals surface area contributed by atoms with Gasteiger partial charge in [0.05, 0.1) is 23.0 Å². The van der Waals surface area contributed by atoms with Crippen LogP contribution in [0.1, 0.15) is 11.1 Å². The molecule has 1 aromatic heterocycles. The molecule has 188 valence electrons. The van der Waals surface area contributed by atoms with E-state index in [2.05, 4.69) is 9.97 Å². The first kappa shape index (κ1) is 26.3. The van der Waals surface area contributed by atoms with Gasteiger partial charge in [0.1, 0.15) is 5.69 Å². The molecule has 0 aliphatic rings. The number of H-pyrrole nitrogens is 2. The highest BCUT2D eigenvalue weighted by Gasteiger charge is 2.19. The van der Waals surface area contributed by atoms with Gasteiger partial charge in [-0.2, -0.15) is 16.8 Å². The van der Waals surface area contributed by atoms with Crippen molar-refractivity contribution in [1.82, 2.24) is 9.97 Å². The molecular weight excluding hydrogens is 498 g/mol. The Morgan fingerprint density at radius 3 is 1.57 bits per heavy atom. The van der Waals surface area contributed by atoms with Crippen LogP contribution in [0.4, 0.5) is 5.69 Å². The van der Waals surface area contributed by atoms with Crippen molar-refractivity contribution in [3.8, 4) is 0 Å². The van der Waals surface area contributed by atoms with Crippen LogP contribution in [0, 0.1) is 13.8 Å². The Hall–Kier alpha value is -3.26. The Labute approximate surface area is 202 Å². The number of hydrogen-bond donors (Lipinski definition) is 2. The first-order valence-corrected chi connectivity index (χ1v) is 13.3. The summed E-state index contributed by atoms with van der Waals surface area (Å²) in [5.74, 6) is 0. The van der Waals surface area contributed by atoms with Gasteiger partial charge in [0, 0.05) is 19.3 Å². The molecule has 3 aromatic rings. The third-order valence-electron chi connectivity index (χ3n) is 4.96. The molecule has 3 rings (SSSR count). The van der Waals surface area contributed by atoms with E-state index >= 15 is 0 Å². The van der Waals surface area contributed by atoms with Crippen LogP contribution in [0.3, 0.4) is 0 Å². The van der Waals surface area contributed by atoms with E-state index in [4.69, 9.17) is 8.37 Å². The number of aryl methyl sites for hydroxylation is 2. The van der Waals surface area contributed by atoms with Gasteiger partial charge in [-0.1, -0.05) is 35.4 Å². The van der Waals surface area contributed by atoms with Crippen LogP contribution in [-0.4, -0.2) is 53.1 Å². The fraction of sp³-hybridized carbons (Fsp3) is 0.273. The van der Waals surface area contributed by atoms with Gasteiger partial charge >= 0.3 is 5.69 Å². The maximum atomic E-state index is 12.4. The number of aromatic amines is 2. The highest BCUT2D eigenvalue weighted by Crippen LogP contribution is 2.15. The molecule has 0 fully saturated rings. The SMILES string of the molecule is Cc1ccc(S(=O)(=O)OCCN(CCOS(=O)(=O)c2ccc(C)cc2)c2c[nH]c(=O)[nH]c2=O)cc1. The fourth-order valence-electron chi connectivity index (χ4n) is 3.05. The molecule has 13 heteroatoms. The Kier molecular flexibility index (Phi) is 8.27. The normalized spacial score (nSPS) is 11.9. The molecule has 0 aliphatic heterocycles. The third-order valence-corrected chi connectivity index (χ3v) is 7.61. The van der Waals surface area contributed by atoms with Crippen LogP contribution in [0.25, 0.3) is 0 Å². The molecule has 0 spiro atoms. The van der Waals surface area contributed by atoms with E-state index in [1.165, 1.54) is 29.2 Å². The number of nitrogens with one attached hydrogen (secondary N) is 2. The molecule has 2 aromatic carbocycles. The van der Waals surface area contributed by atoms with Crippen LogP contribution in [0.2, 0.25) is 0 Å². The van der Waals surface area contributed by atoms with E-state index in [0.717, 1.165) is 17.3 Å². The van der Waals surface area contributed by atoms with Gasteiger partial charge in [0.15, 0.2) is 0 Å². The van der Waals surface area contributed by atoms with Crippen LogP contribution in [0.15, 0.2) is 74.1 Å². The predicted octanol–water partition coefficient (Wildman–Crippen LogP) is 1.30. The Balaban J connectivity index is 1.71. The van der Waals surface area contributed by atoms with E-state index in [1.54, 1.807) is 24.3 Å². The zero-order chi connectivity index (χ0) is 25.6. The van der Waals surface area contributed by atoms with Crippen molar-refractivity contribution in [3.63, 3.8) is 0 Å². The molecule has 11 nitrogen and oxygen atoms in total. The second-order valence-corrected chi connectivity index (χ2v) is 10.9. The average molecular weight is 524 g/mol. The third kappa shape index (κ3) is 7.11. The lowest BCUT2D eigenvalue weighted by atomic mass is 10.2. The van der Waals surface area contributed by atoms with Crippen LogP contribution in [0.5, 0.6) is 0 Å². The highest BCUT2D eigenvalue weighted by atomic mass is 32.2. The minimum atomic E-state index is -4.05. The summed E-state index contributed by atoms with van der Waals surface area (Å²) in [6.07, 6.45) is 1.14. The first-order valence-electron chi connectivity index (χ1n) is 10.5. The quantitative estimate of drug-likeness (QED) is 0.354. The predicted molar refractivity (Wildman–Crippen MR) is 129 cm³/mol. The topological polar surface area (TPSA) is 156 Å². The summed E-state index contributed by atoms with van der Waals surface area (Å²) in [6, 6.07) is 12.2. The molecular formula is C22H25N3O8S2. The molecule has 0 amide bonds. The van der Waals surface area contributed by atoms with Gasteiger partial charge < -0.3 is 9.88 Å². The van der Waals surface area contributed by atoms with Gasteiger partial charge in [-0.25, -0.2) is 4.79 Å². The number of benzene rings is 2. The molecule has 0 saturated heterocycles. The van der Waals surface area contributed by atoms with E-state index in [0.29, 0.717) is 0 Å². The number of nitrogens with zero attached hydrogens (tertiary/aromatic N) is 1. The zero-order valence-corrected chi connectivity index (χ0v) is 20.7. The number of aromatic nitrogens is 2. The number of rotatable bonds is 11. The largest absolute Gasteiger partial charge is 0.361 e. The van der Waals surface area contributed by atoms with Gasteiger partial charge in [-0.15, -0.1) is 0 Å². The van der Waals surface area contributed by atoms with E-state index in [9.17, 15) is 26.4 Å². The van der Waals surface area contributed by atoms with Crippen LogP contribution in [-0.2, 0) is 28.6 Å². The summed E-state index contributed by atoms with van der Waals surface area (Å²) in [6.45, 7) is 2.71. The smallest absolute Gasteiger partial charge is 0.325 e. The minimum absolute atomic E-state index is 0.0164. The lowest BCUT2D eigenvalue weighted by molar-refractivity contribution is 0.306. The lowest BCUT2D eigenvalue weighted by Gasteiger charge is -2.23. The van der Waals surface area contributed by atoms with E-state index in [1.807, 2.05) is 13.8 Å². The van der Waals surface area contributed by atoms with Crippen molar-refractivity contribution in [3.05, 3.63) is 86.7 Å². The van der Waals surface area contributed by atoms with Crippen molar-refractivity contribution in [2.75, 3.05) is 31.2 Å². The van der Waals surface area contributed by atoms with Gasteiger partial charge in [-0.05, 0) is 38.1 Å². The molecule has 0 bridgehead atoms. The molecule has 0 unspecified atom stereocenters. The maximum absolute atomic E-state index is 12.4. The molecule has 1 heterocycles. The summed E-state index contributed by atoms with van der Waals surface area (Å²) in [4.78, 5) is 29.4. The summed E-state index contributed by atoms with van der Waals surface area (Å²) < 4.78 is 59.9. The Morgan fingerprint density at radius 2 is 1.17 bits per heavy atom. The highest BCUT2D eigenvalue weighted by molar-refractivity contribution is 7.87. The lowest BCUT2D eigenvalue weighted by Crippen LogP contribution is -2.37. The van der Waals surface area contributed by atoms with Crippen LogP contribution >= 0.6 is 0 Å². The van der Waals surface area contributed by atoms with Gasteiger partial charge in [0.2, 0.25) is 0 Å². The Morgan fingerprint density at radius 1 is 0.743 bits per heavy atom. The van der Waals surface area contributed by atoms with E-state index in [-0.39, 0.29) is 41.8 Å². The van der Waals surface area contributed by atoms with Crippen LogP contribution < -0.4 is 16.1 Å². The standard InChI is InChI=1S/C22H25N3O8S2/c1-16-3-7-18(8-4-16)34(28,29)32-13-11-25(20-15-23-22(27)24-21(20)26)12-14-33-35(30,31)19-9-5-17(2)6-10-19/h3-10,15H,11-14H2,1-2H3,(H2,23,24,26,27). The summed E-state index contributed by atoms with van der Waals surface area (Å²) in [5, 5.41) is 0. The average Bonchev–Trinajstić information content (AvgIpc) is 2.79. The van der Waals surface area contributed by atoms with Crippen molar-refractivity contribution in [1.29, 1.82) is 0 Å². The minimum Gasteiger partial charge on any atom is -0.361 e. The second-order valence-electron chi connectivity index (χ2n) is 7.62. The fourth-order valence-corrected chi connectivity index (χ4v) is 4.85. The van der Waals surface area contributed by atoms with Crippen molar-refractivity contribution in [2.24, 2.45) is 0 Å². The van der Waals surface area contributed by atoms with Crippen molar-refractivity contribution in [2.45, 2.75) is 23.6 Å². The molecule has 35 heavy (non-hydrogen) atoms. The monoisotopic (exact) mass is 523 g/mol. The molecule has 0 saturated carbocycles. The first-order chi connectivity index (χ1) is 16.5. The second kappa shape index (κ2) is 11.0. The van der Waals surface area contributed by atoms with Crippen molar-refractivity contribution < 1.29 is 25.2 Å². The molecule has 0 radical (unpaired) electrons. The summed E-state index contributed by atoms with van der Waals surface area (Å²) in [5.41, 5.74) is 0.282. The summed E-state index contributed by atoms with van der Waals surface area (Å²) >= 11 is 0. The maximum Gasteiger partial charge on any atom is 0.325 e. The summed E-state index contributed by atoms with van der Waals surface area (Å²) in [7, 11) is -8.11. The van der Waals surface area contributed by atoms with Gasteiger partial charge in [-0.3, -0.25) is 18.1 Å². The number of anilines is 1. The molecule has 2 N–H and O–H groups in total. The van der Waals surface area contributed by atoms with Gasteiger partial charge in [0.25, 0.3) is 25.8 Å². The van der Waals surface area contributed by atoms with E-state index < -0.39 is 31.5 Å². The molecule has 0 atom stereocenters.